The number of esters is 1. The van der Waals surface area contributed by atoms with Gasteiger partial charge in [-0.1, -0.05) is 0 Å². The minimum Gasteiger partial charge on any atom is -0.469 e. The van der Waals surface area contributed by atoms with Crippen LogP contribution in [-0.4, -0.2) is 39.4 Å². The highest BCUT2D eigenvalue weighted by Crippen LogP contribution is 2.30. The summed E-state index contributed by atoms with van der Waals surface area (Å²) in [6.45, 7) is 6.80. The molecular formula is C14H18F3N5O2. The topological polar surface area (TPSA) is 81.4 Å². The molecule has 24 heavy (non-hydrogen) atoms. The summed E-state index contributed by atoms with van der Waals surface area (Å²) < 4.78 is 44.4. The van der Waals surface area contributed by atoms with E-state index in [2.05, 4.69) is 20.6 Å². The zero-order valence-corrected chi connectivity index (χ0v) is 13.9. The van der Waals surface area contributed by atoms with Crippen LogP contribution in [0.15, 0.2) is 0 Å². The van der Waals surface area contributed by atoms with Crippen molar-refractivity contribution in [3.05, 3.63) is 17.0 Å². The summed E-state index contributed by atoms with van der Waals surface area (Å²) >= 11 is 0. The Kier molecular flexibility index (Phi) is 4.42. The second kappa shape index (κ2) is 5.91. The first-order valence-electron chi connectivity index (χ1n) is 7.11. The molecule has 0 spiro atoms. The third-order valence-electron chi connectivity index (χ3n) is 3.78. The van der Waals surface area contributed by atoms with Crippen molar-refractivity contribution < 1.29 is 22.7 Å². The normalized spacial score (nSPS) is 12.5. The van der Waals surface area contributed by atoms with Crippen molar-refractivity contribution in [2.24, 2.45) is 5.41 Å². The summed E-state index contributed by atoms with van der Waals surface area (Å²) in [7, 11) is 1.27. The average Bonchev–Trinajstić information content (AvgIpc) is 2.92. The predicted octanol–water partition coefficient (Wildman–Crippen LogP) is 2.37. The number of halogens is 3. The van der Waals surface area contributed by atoms with Gasteiger partial charge in [-0.05, 0) is 33.3 Å². The lowest BCUT2D eigenvalue weighted by molar-refractivity contribution is -0.150. The largest absolute Gasteiger partial charge is 0.469 e. The number of aryl methyl sites for hydroxylation is 1. The van der Waals surface area contributed by atoms with E-state index in [1.807, 2.05) is 0 Å². The molecule has 7 nitrogen and oxygen atoms in total. The molecule has 0 amide bonds. The van der Waals surface area contributed by atoms with Crippen molar-refractivity contribution in [3.63, 3.8) is 0 Å². The van der Waals surface area contributed by atoms with Crippen LogP contribution < -0.4 is 5.32 Å². The molecule has 0 unspecified atom stereocenters. The Labute approximate surface area is 136 Å². The fourth-order valence-corrected chi connectivity index (χ4v) is 2.13. The SMILES string of the molecule is COC(=O)C(C)(C)CNc1nn2c(C(F)(F)F)nnc2c(C)c1C. The minimum atomic E-state index is -4.67. The van der Waals surface area contributed by atoms with Gasteiger partial charge in [0.1, 0.15) is 5.82 Å². The highest BCUT2D eigenvalue weighted by Gasteiger charge is 2.38. The number of anilines is 1. The molecule has 1 N–H and O–H groups in total. The standard InChI is InChI=1S/C14H18F3N5O2/c1-7-8(2)10-19-20-11(14(15,16)17)22(10)21-9(7)18-6-13(3,4)12(23)24-5/h6H2,1-5H3,(H,18,21). The van der Waals surface area contributed by atoms with Crippen LogP contribution in [0, 0.1) is 19.3 Å². The Morgan fingerprint density at radius 1 is 1.21 bits per heavy atom. The van der Waals surface area contributed by atoms with E-state index in [4.69, 9.17) is 4.74 Å². The molecule has 0 saturated heterocycles. The zero-order valence-electron chi connectivity index (χ0n) is 13.9. The molecule has 2 aromatic heterocycles. The number of hydrogen-bond donors (Lipinski definition) is 1. The second-order valence-corrected chi connectivity index (χ2v) is 6.08. The Morgan fingerprint density at radius 2 is 1.83 bits per heavy atom. The van der Waals surface area contributed by atoms with E-state index in [1.54, 1.807) is 27.7 Å². The van der Waals surface area contributed by atoms with E-state index in [0.717, 1.165) is 0 Å². The van der Waals surface area contributed by atoms with Gasteiger partial charge in [0.15, 0.2) is 5.65 Å². The highest BCUT2D eigenvalue weighted by molar-refractivity contribution is 5.76. The molecule has 132 valence electrons. The number of alkyl halides is 3. The number of ether oxygens (including phenoxy) is 1. The lowest BCUT2D eigenvalue weighted by Gasteiger charge is -2.23. The predicted molar refractivity (Wildman–Crippen MR) is 79.5 cm³/mol. The maximum absolute atomic E-state index is 13.0. The van der Waals surface area contributed by atoms with E-state index < -0.39 is 23.4 Å². The average molecular weight is 345 g/mol. The molecule has 2 heterocycles. The summed E-state index contributed by atoms with van der Waals surface area (Å²) in [5.74, 6) is -1.41. The summed E-state index contributed by atoms with van der Waals surface area (Å²) in [6.07, 6.45) is -4.67. The molecule has 0 aliphatic carbocycles. The molecule has 0 bridgehead atoms. The number of hydrogen-bond acceptors (Lipinski definition) is 6. The van der Waals surface area contributed by atoms with Crippen molar-refractivity contribution in [3.8, 4) is 0 Å². The quantitative estimate of drug-likeness (QED) is 0.857. The van der Waals surface area contributed by atoms with E-state index in [1.165, 1.54) is 7.11 Å². The van der Waals surface area contributed by atoms with Crippen LogP contribution in [0.5, 0.6) is 0 Å². The van der Waals surface area contributed by atoms with Crippen LogP contribution in [0.2, 0.25) is 0 Å². The van der Waals surface area contributed by atoms with Gasteiger partial charge < -0.3 is 10.1 Å². The molecule has 0 aliphatic heterocycles. The van der Waals surface area contributed by atoms with Gasteiger partial charge >= 0.3 is 12.1 Å². The Hall–Kier alpha value is -2.39. The molecule has 0 aliphatic rings. The number of carbonyl (C=O) groups is 1. The molecule has 2 aromatic rings. The molecule has 0 aromatic carbocycles. The van der Waals surface area contributed by atoms with E-state index in [0.29, 0.717) is 15.6 Å². The van der Waals surface area contributed by atoms with Crippen molar-refractivity contribution >= 4 is 17.4 Å². The molecule has 0 radical (unpaired) electrons. The first-order valence-corrected chi connectivity index (χ1v) is 7.11. The van der Waals surface area contributed by atoms with Crippen molar-refractivity contribution in [2.75, 3.05) is 19.0 Å². The van der Waals surface area contributed by atoms with Gasteiger partial charge in [-0.25, -0.2) is 0 Å². The zero-order chi connectivity index (χ0) is 18.3. The smallest absolute Gasteiger partial charge is 0.453 e. The van der Waals surface area contributed by atoms with E-state index in [-0.39, 0.29) is 18.0 Å². The lowest BCUT2D eigenvalue weighted by Crippen LogP contribution is -2.33. The Bertz CT molecular complexity index is 783. The summed E-state index contributed by atoms with van der Waals surface area (Å²) in [5.41, 5.74) is 0.319. The number of nitrogens with one attached hydrogen (secondary N) is 1. The fourth-order valence-electron chi connectivity index (χ4n) is 2.13. The van der Waals surface area contributed by atoms with Crippen molar-refractivity contribution in [1.29, 1.82) is 0 Å². The summed E-state index contributed by atoms with van der Waals surface area (Å²) in [5, 5.41) is 13.6. The molecular weight excluding hydrogens is 327 g/mol. The molecule has 10 heteroatoms. The van der Waals surface area contributed by atoms with Gasteiger partial charge in [0.2, 0.25) is 0 Å². The summed E-state index contributed by atoms with van der Waals surface area (Å²) in [4.78, 5) is 11.7. The molecule has 2 rings (SSSR count). The molecule has 0 fully saturated rings. The maximum Gasteiger partial charge on any atom is 0.453 e. The van der Waals surface area contributed by atoms with Crippen LogP contribution in [0.3, 0.4) is 0 Å². The first kappa shape index (κ1) is 18.0. The fraction of sp³-hybridized carbons (Fsp3) is 0.571. The van der Waals surface area contributed by atoms with Crippen LogP contribution >= 0.6 is 0 Å². The second-order valence-electron chi connectivity index (χ2n) is 6.08. The molecule has 0 saturated carbocycles. The van der Waals surface area contributed by atoms with Crippen LogP contribution in [-0.2, 0) is 15.7 Å². The van der Waals surface area contributed by atoms with Gasteiger partial charge in [-0.3, -0.25) is 4.79 Å². The lowest BCUT2D eigenvalue weighted by atomic mass is 9.93. The number of methoxy groups -OCH3 is 1. The van der Waals surface area contributed by atoms with Gasteiger partial charge in [-0.15, -0.1) is 15.3 Å². The number of nitrogens with zero attached hydrogens (tertiary/aromatic N) is 4. The third kappa shape index (κ3) is 3.13. The van der Waals surface area contributed by atoms with Gasteiger partial charge in [0.05, 0.1) is 12.5 Å². The van der Waals surface area contributed by atoms with Gasteiger partial charge in [0, 0.05) is 12.1 Å². The van der Waals surface area contributed by atoms with Crippen molar-refractivity contribution in [1.82, 2.24) is 19.8 Å². The van der Waals surface area contributed by atoms with Gasteiger partial charge in [-0.2, -0.15) is 17.7 Å². The van der Waals surface area contributed by atoms with Gasteiger partial charge in [0.25, 0.3) is 5.82 Å². The monoisotopic (exact) mass is 345 g/mol. The van der Waals surface area contributed by atoms with Crippen LogP contribution in [0.4, 0.5) is 19.0 Å². The first-order chi connectivity index (χ1) is 11.0. The number of fused-ring (bicyclic) bond motifs is 1. The minimum absolute atomic E-state index is 0.0394. The third-order valence-corrected chi connectivity index (χ3v) is 3.78. The Balaban J connectivity index is 2.44. The van der Waals surface area contributed by atoms with Crippen molar-refractivity contribution in [2.45, 2.75) is 33.9 Å². The van der Waals surface area contributed by atoms with Crippen LogP contribution in [0.1, 0.15) is 30.8 Å². The van der Waals surface area contributed by atoms with E-state index in [9.17, 15) is 18.0 Å². The number of aromatic nitrogens is 4. The molecule has 0 atom stereocenters. The maximum atomic E-state index is 13.0. The van der Waals surface area contributed by atoms with Crippen LogP contribution in [0.25, 0.3) is 5.65 Å². The number of carbonyl (C=O) groups excluding carboxylic acids is 1. The number of rotatable bonds is 4. The summed E-state index contributed by atoms with van der Waals surface area (Å²) in [6, 6.07) is 0. The highest BCUT2D eigenvalue weighted by atomic mass is 19.4. The Morgan fingerprint density at radius 3 is 2.38 bits per heavy atom. The van der Waals surface area contributed by atoms with E-state index >= 15 is 0 Å².